The summed E-state index contributed by atoms with van der Waals surface area (Å²) in [6, 6.07) is 12.9. The van der Waals surface area contributed by atoms with Crippen molar-refractivity contribution >= 4 is 16.8 Å². The Kier molecular flexibility index (Phi) is 6.37. The standard InChI is InChI=1S/C18H22N2O3S/c1-13-10-15(6-9-17(13)23-2)12-20-18(21)19-11-14-4-7-16(8-5-14)24(3)22/h4-10H,11-12H2,1-3H3,(H2,19,20,21)/t24-/m1/s1. The van der Waals surface area contributed by atoms with Gasteiger partial charge in [-0.2, -0.15) is 0 Å². The van der Waals surface area contributed by atoms with Gasteiger partial charge in [-0.05, 0) is 41.8 Å². The van der Waals surface area contributed by atoms with E-state index in [2.05, 4.69) is 10.6 Å². The average Bonchev–Trinajstić information content (AvgIpc) is 2.58. The largest absolute Gasteiger partial charge is 0.496 e. The molecular weight excluding hydrogens is 324 g/mol. The summed E-state index contributed by atoms with van der Waals surface area (Å²) in [7, 11) is 0.650. The molecule has 0 aliphatic rings. The van der Waals surface area contributed by atoms with E-state index >= 15 is 0 Å². The fraction of sp³-hybridized carbons (Fsp3) is 0.278. The van der Waals surface area contributed by atoms with Gasteiger partial charge < -0.3 is 15.4 Å². The number of amides is 2. The van der Waals surface area contributed by atoms with Gasteiger partial charge in [-0.15, -0.1) is 0 Å². The number of aryl methyl sites for hydroxylation is 1. The maximum Gasteiger partial charge on any atom is 0.315 e. The van der Waals surface area contributed by atoms with Crippen molar-refractivity contribution in [1.29, 1.82) is 0 Å². The summed E-state index contributed by atoms with van der Waals surface area (Å²) in [5.41, 5.74) is 3.00. The number of benzene rings is 2. The monoisotopic (exact) mass is 346 g/mol. The molecule has 2 amide bonds. The lowest BCUT2D eigenvalue weighted by Gasteiger charge is -2.10. The van der Waals surface area contributed by atoms with E-state index in [1.807, 2.05) is 49.4 Å². The van der Waals surface area contributed by atoms with Crippen molar-refractivity contribution in [3.63, 3.8) is 0 Å². The van der Waals surface area contributed by atoms with Crippen LogP contribution in [-0.4, -0.2) is 23.6 Å². The molecule has 0 bridgehead atoms. The molecule has 2 rings (SSSR count). The Morgan fingerprint density at radius 2 is 1.62 bits per heavy atom. The highest BCUT2D eigenvalue weighted by molar-refractivity contribution is 7.84. The van der Waals surface area contributed by atoms with Crippen molar-refractivity contribution in [3.8, 4) is 5.75 Å². The summed E-state index contributed by atoms with van der Waals surface area (Å²) >= 11 is 0. The highest BCUT2D eigenvalue weighted by Gasteiger charge is 2.04. The lowest BCUT2D eigenvalue weighted by atomic mass is 10.1. The third-order valence-corrected chi connectivity index (χ3v) is 4.56. The van der Waals surface area contributed by atoms with Crippen LogP contribution in [0.25, 0.3) is 0 Å². The molecule has 0 aromatic heterocycles. The third kappa shape index (κ3) is 5.09. The van der Waals surface area contributed by atoms with Crippen molar-refractivity contribution < 1.29 is 13.7 Å². The number of ether oxygens (including phenoxy) is 1. The first-order chi connectivity index (χ1) is 11.5. The molecule has 2 aromatic carbocycles. The van der Waals surface area contributed by atoms with Crippen LogP contribution in [-0.2, 0) is 23.9 Å². The second-order valence-corrected chi connectivity index (χ2v) is 6.82. The first-order valence-electron chi connectivity index (χ1n) is 7.57. The van der Waals surface area contributed by atoms with Crippen LogP contribution in [0.5, 0.6) is 5.75 Å². The quantitative estimate of drug-likeness (QED) is 0.845. The molecule has 0 aliphatic heterocycles. The molecule has 0 radical (unpaired) electrons. The van der Waals surface area contributed by atoms with Gasteiger partial charge >= 0.3 is 6.03 Å². The van der Waals surface area contributed by atoms with Crippen LogP contribution in [0.2, 0.25) is 0 Å². The molecule has 0 aliphatic carbocycles. The van der Waals surface area contributed by atoms with E-state index in [9.17, 15) is 9.00 Å². The number of rotatable bonds is 6. The normalized spacial score (nSPS) is 11.6. The Morgan fingerprint density at radius 3 is 2.17 bits per heavy atom. The highest BCUT2D eigenvalue weighted by atomic mass is 32.2. The zero-order chi connectivity index (χ0) is 17.5. The van der Waals surface area contributed by atoms with Gasteiger partial charge in [0.15, 0.2) is 0 Å². The zero-order valence-corrected chi connectivity index (χ0v) is 14.9. The van der Waals surface area contributed by atoms with Crippen LogP contribution in [0.4, 0.5) is 4.79 Å². The number of urea groups is 1. The predicted octanol–water partition coefficient (Wildman–Crippen LogP) is 2.74. The molecule has 2 aromatic rings. The smallest absolute Gasteiger partial charge is 0.315 e. The Balaban J connectivity index is 1.81. The van der Waals surface area contributed by atoms with E-state index in [-0.39, 0.29) is 6.03 Å². The van der Waals surface area contributed by atoms with Crippen molar-refractivity contribution in [2.45, 2.75) is 24.9 Å². The second-order valence-electron chi connectivity index (χ2n) is 5.44. The van der Waals surface area contributed by atoms with Gasteiger partial charge in [-0.1, -0.05) is 24.3 Å². The zero-order valence-electron chi connectivity index (χ0n) is 14.1. The van der Waals surface area contributed by atoms with Crippen molar-refractivity contribution in [2.75, 3.05) is 13.4 Å². The number of methoxy groups -OCH3 is 1. The van der Waals surface area contributed by atoms with Gasteiger partial charge in [0.25, 0.3) is 0 Å². The van der Waals surface area contributed by atoms with Gasteiger partial charge in [0.2, 0.25) is 0 Å². The SMILES string of the molecule is COc1ccc(CNC(=O)NCc2ccc([S@@](C)=O)cc2)cc1C. The molecule has 0 saturated heterocycles. The fourth-order valence-corrected chi connectivity index (χ4v) is 2.80. The topological polar surface area (TPSA) is 67.4 Å². The Morgan fingerprint density at radius 1 is 1.04 bits per heavy atom. The minimum Gasteiger partial charge on any atom is -0.496 e. The summed E-state index contributed by atoms with van der Waals surface area (Å²) in [5, 5.41) is 5.63. The number of hydrogen-bond acceptors (Lipinski definition) is 3. The number of nitrogens with one attached hydrogen (secondary N) is 2. The highest BCUT2D eigenvalue weighted by Crippen LogP contribution is 2.18. The maximum absolute atomic E-state index is 11.9. The van der Waals surface area contributed by atoms with E-state index in [1.165, 1.54) is 0 Å². The molecule has 128 valence electrons. The van der Waals surface area contributed by atoms with Crippen LogP contribution in [0.3, 0.4) is 0 Å². The molecule has 0 saturated carbocycles. The molecule has 5 nitrogen and oxygen atoms in total. The fourth-order valence-electron chi connectivity index (χ4n) is 2.28. The van der Waals surface area contributed by atoms with Crippen LogP contribution in [0, 0.1) is 6.92 Å². The third-order valence-electron chi connectivity index (χ3n) is 3.62. The minimum absolute atomic E-state index is 0.230. The Hall–Kier alpha value is -2.34. The Labute approximate surface area is 144 Å². The molecule has 2 N–H and O–H groups in total. The van der Waals surface area contributed by atoms with Crippen molar-refractivity contribution in [3.05, 3.63) is 59.2 Å². The minimum atomic E-state index is -0.987. The molecular formula is C18H22N2O3S. The van der Waals surface area contributed by atoms with E-state index in [0.29, 0.717) is 13.1 Å². The van der Waals surface area contributed by atoms with Gasteiger partial charge in [0.05, 0.1) is 7.11 Å². The van der Waals surface area contributed by atoms with Crippen LogP contribution >= 0.6 is 0 Å². The molecule has 0 heterocycles. The first-order valence-corrected chi connectivity index (χ1v) is 9.13. The summed E-state index contributed by atoms with van der Waals surface area (Å²) < 4.78 is 16.5. The molecule has 24 heavy (non-hydrogen) atoms. The Bertz CT molecular complexity index is 730. The summed E-state index contributed by atoms with van der Waals surface area (Å²) in [4.78, 5) is 12.7. The lowest BCUT2D eigenvalue weighted by molar-refractivity contribution is 0.240. The van der Waals surface area contributed by atoms with Crippen LogP contribution in [0.15, 0.2) is 47.4 Å². The lowest BCUT2D eigenvalue weighted by Crippen LogP contribution is -2.34. The first kappa shape index (κ1) is 18.0. The molecule has 0 unspecified atom stereocenters. The summed E-state index contributed by atoms with van der Waals surface area (Å²) in [6.45, 7) is 2.84. The predicted molar refractivity (Wildman–Crippen MR) is 95.6 cm³/mol. The maximum atomic E-state index is 11.9. The van der Waals surface area contributed by atoms with E-state index in [1.54, 1.807) is 13.4 Å². The summed E-state index contributed by atoms with van der Waals surface area (Å²) in [6.07, 6.45) is 1.64. The second kappa shape index (κ2) is 8.49. The molecule has 0 spiro atoms. The molecule has 1 atom stereocenters. The summed E-state index contributed by atoms with van der Waals surface area (Å²) in [5.74, 6) is 0.833. The molecule has 6 heteroatoms. The van der Waals surface area contributed by atoms with Gasteiger partial charge in [0, 0.05) is 35.0 Å². The van der Waals surface area contributed by atoms with Crippen molar-refractivity contribution in [2.24, 2.45) is 0 Å². The van der Waals surface area contributed by atoms with Crippen LogP contribution in [0.1, 0.15) is 16.7 Å². The average molecular weight is 346 g/mol. The number of hydrogen-bond donors (Lipinski definition) is 2. The van der Waals surface area contributed by atoms with Gasteiger partial charge in [-0.25, -0.2) is 4.79 Å². The van der Waals surface area contributed by atoms with E-state index < -0.39 is 10.8 Å². The van der Waals surface area contributed by atoms with E-state index in [0.717, 1.165) is 27.3 Å². The van der Waals surface area contributed by atoms with Gasteiger partial charge in [-0.3, -0.25) is 4.21 Å². The van der Waals surface area contributed by atoms with E-state index in [4.69, 9.17) is 4.74 Å². The number of carbonyl (C=O) groups excluding carboxylic acids is 1. The number of carbonyl (C=O) groups is 1. The van der Waals surface area contributed by atoms with Crippen LogP contribution < -0.4 is 15.4 Å². The van der Waals surface area contributed by atoms with Gasteiger partial charge in [0.1, 0.15) is 5.75 Å². The molecule has 0 fully saturated rings. The van der Waals surface area contributed by atoms with Crippen molar-refractivity contribution in [1.82, 2.24) is 10.6 Å².